The van der Waals surface area contributed by atoms with Crippen LogP contribution in [0.1, 0.15) is 40.5 Å². The van der Waals surface area contributed by atoms with E-state index < -0.39 is 12.0 Å². The van der Waals surface area contributed by atoms with Crippen molar-refractivity contribution in [2.24, 2.45) is 0 Å². The second-order valence-electron chi connectivity index (χ2n) is 4.43. The van der Waals surface area contributed by atoms with E-state index in [1.54, 1.807) is 4.90 Å². The Morgan fingerprint density at radius 1 is 1.29 bits per heavy atom. The van der Waals surface area contributed by atoms with E-state index in [4.69, 9.17) is 5.11 Å². The Labute approximate surface area is 103 Å². The first-order valence-corrected chi connectivity index (χ1v) is 6.18. The van der Waals surface area contributed by atoms with Crippen LogP contribution in [0, 0.1) is 0 Å². The molecule has 0 aliphatic carbocycles. The Balaban J connectivity index is 4.47. The molecule has 0 aromatic rings. The summed E-state index contributed by atoms with van der Waals surface area (Å²) < 4.78 is 0. The maximum absolute atomic E-state index is 11.6. The standard InChI is InChI=1S/C12H24N2O3/c1-5-7-10(12(16)17)14(6-2)8-11(15)13-9(3)4/h9-10H,5-8H2,1-4H3,(H,13,15)(H,16,17). The number of hydrogen-bond donors (Lipinski definition) is 2. The average Bonchev–Trinajstić information content (AvgIpc) is 2.21. The SMILES string of the molecule is CCCC(C(=O)O)N(CC)CC(=O)NC(C)C. The van der Waals surface area contributed by atoms with E-state index in [-0.39, 0.29) is 18.5 Å². The molecule has 0 aliphatic rings. The summed E-state index contributed by atoms with van der Waals surface area (Å²) in [6.07, 6.45) is 1.36. The highest BCUT2D eigenvalue weighted by Crippen LogP contribution is 2.07. The Morgan fingerprint density at radius 3 is 2.24 bits per heavy atom. The monoisotopic (exact) mass is 244 g/mol. The van der Waals surface area contributed by atoms with E-state index in [1.165, 1.54) is 0 Å². The molecule has 1 atom stereocenters. The third-order valence-electron chi connectivity index (χ3n) is 2.49. The summed E-state index contributed by atoms with van der Waals surface area (Å²) in [6.45, 7) is 8.28. The molecular weight excluding hydrogens is 220 g/mol. The fraction of sp³-hybridized carbons (Fsp3) is 0.833. The molecule has 0 spiro atoms. The Morgan fingerprint density at radius 2 is 1.88 bits per heavy atom. The van der Waals surface area contributed by atoms with Gasteiger partial charge in [0.1, 0.15) is 6.04 Å². The number of nitrogens with zero attached hydrogens (tertiary/aromatic N) is 1. The molecule has 0 heterocycles. The molecule has 0 aromatic carbocycles. The molecule has 0 saturated heterocycles. The number of carboxylic acid groups (broad SMARTS) is 1. The molecule has 5 heteroatoms. The number of likely N-dealkylation sites (N-methyl/N-ethyl adjacent to an activating group) is 1. The molecule has 0 rings (SSSR count). The van der Waals surface area contributed by atoms with Crippen molar-refractivity contribution in [1.29, 1.82) is 0 Å². The van der Waals surface area contributed by atoms with Crippen LogP contribution in [0.3, 0.4) is 0 Å². The topological polar surface area (TPSA) is 69.6 Å². The molecule has 1 unspecified atom stereocenters. The van der Waals surface area contributed by atoms with Crippen LogP contribution in [0.15, 0.2) is 0 Å². The fourth-order valence-corrected chi connectivity index (χ4v) is 1.73. The highest BCUT2D eigenvalue weighted by atomic mass is 16.4. The molecular formula is C12H24N2O3. The summed E-state index contributed by atoms with van der Waals surface area (Å²) in [5.41, 5.74) is 0. The van der Waals surface area contributed by atoms with Crippen LogP contribution < -0.4 is 5.32 Å². The maximum Gasteiger partial charge on any atom is 0.320 e. The van der Waals surface area contributed by atoms with Gasteiger partial charge >= 0.3 is 5.97 Å². The van der Waals surface area contributed by atoms with Crippen LogP contribution in [0.5, 0.6) is 0 Å². The number of amides is 1. The minimum absolute atomic E-state index is 0.0793. The molecule has 0 saturated carbocycles. The molecule has 0 fully saturated rings. The first-order chi connectivity index (χ1) is 7.92. The van der Waals surface area contributed by atoms with Crippen LogP contribution >= 0.6 is 0 Å². The van der Waals surface area contributed by atoms with Crippen molar-refractivity contribution in [3.05, 3.63) is 0 Å². The number of aliphatic carboxylic acids is 1. The minimum atomic E-state index is -0.856. The van der Waals surface area contributed by atoms with Gasteiger partial charge in [0.25, 0.3) is 0 Å². The number of hydrogen-bond acceptors (Lipinski definition) is 3. The number of carbonyl (C=O) groups is 2. The molecule has 0 bridgehead atoms. The quantitative estimate of drug-likeness (QED) is 0.670. The van der Waals surface area contributed by atoms with Gasteiger partial charge in [0.05, 0.1) is 6.54 Å². The lowest BCUT2D eigenvalue weighted by Gasteiger charge is -2.27. The molecule has 0 aliphatic heterocycles. The van der Waals surface area contributed by atoms with E-state index in [1.807, 2.05) is 27.7 Å². The second-order valence-corrected chi connectivity index (χ2v) is 4.43. The summed E-state index contributed by atoms with van der Waals surface area (Å²) in [5.74, 6) is -0.977. The van der Waals surface area contributed by atoms with Crippen LogP contribution in [0.25, 0.3) is 0 Å². The van der Waals surface area contributed by atoms with Gasteiger partial charge in [0.2, 0.25) is 5.91 Å². The van der Waals surface area contributed by atoms with E-state index in [2.05, 4.69) is 5.32 Å². The van der Waals surface area contributed by atoms with Crippen molar-refractivity contribution in [3.63, 3.8) is 0 Å². The maximum atomic E-state index is 11.6. The third kappa shape index (κ3) is 6.26. The van der Waals surface area contributed by atoms with E-state index in [0.717, 1.165) is 6.42 Å². The lowest BCUT2D eigenvalue weighted by Crippen LogP contribution is -2.47. The van der Waals surface area contributed by atoms with Crippen LogP contribution in [0.2, 0.25) is 0 Å². The first kappa shape index (κ1) is 15.9. The fourth-order valence-electron chi connectivity index (χ4n) is 1.73. The number of carboxylic acids is 1. The Hall–Kier alpha value is -1.10. The average molecular weight is 244 g/mol. The normalized spacial score (nSPS) is 12.8. The summed E-state index contributed by atoms with van der Waals surface area (Å²) >= 11 is 0. The summed E-state index contributed by atoms with van der Waals surface area (Å²) in [4.78, 5) is 24.4. The predicted octanol–water partition coefficient (Wildman–Crippen LogP) is 1.09. The van der Waals surface area contributed by atoms with Crippen molar-refractivity contribution in [2.75, 3.05) is 13.1 Å². The molecule has 100 valence electrons. The van der Waals surface area contributed by atoms with Gasteiger partial charge in [0, 0.05) is 6.04 Å². The van der Waals surface area contributed by atoms with Gasteiger partial charge in [-0.15, -0.1) is 0 Å². The third-order valence-corrected chi connectivity index (χ3v) is 2.49. The van der Waals surface area contributed by atoms with Gasteiger partial charge in [-0.1, -0.05) is 20.3 Å². The van der Waals surface area contributed by atoms with Gasteiger partial charge in [-0.3, -0.25) is 14.5 Å². The van der Waals surface area contributed by atoms with Gasteiger partial charge < -0.3 is 10.4 Å². The Kier molecular flexibility index (Phi) is 7.54. The highest BCUT2D eigenvalue weighted by molar-refractivity contribution is 5.80. The Bertz CT molecular complexity index is 254. The summed E-state index contributed by atoms with van der Waals surface area (Å²) in [5, 5.41) is 11.9. The number of rotatable bonds is 8. The molecule has 2 N–H and O–H groups in total. The second kappa shape index (κ2) is 8.06. The van der Waals surface area contributed by atoms with Gasteiger partial charge in [-0.05, 0) is 26.8 Å². The lowest BCUT2D eigenvalue weighted by molar-refractivity contribution is -0.144. The van der Waals surface area contributed by atoms with Gasteiger partial charge in [-0.2, -0.15) is 0 Å². The zero-order chi connectivity index (χ0) is 13.4. The van der Waals surface area contributed by atoms with Crippen LogP contribution in [-0.2, 0) is 9.59 Å². The molecule has 17 heavy (non-hydrogen) atoms. The van der Waals surface area contributed by atoms with Crippen molar-refractivity contribution < 1.29 is 14.7 Å². The summed E-state index contributed by atoms with van der Waals surface area (Å²) in [7, 11) is 0. The van der Waals surface area contributed by atoms with Crippen molar-refractivity contribution >= 4 is 11.9 Å². The molecule has 0 aromatic heterocycles. The largest absolute Gasteiger partial charge is 0.480 e. The van der Waals surface area contributed by atoms with Crippen LogP contribution in [0.4, 0.5) is 0 Å². The summed E-state index contributed by atoms with van der Waals surface area (Å²) in [6, 6.07) is -0.487. The highest BCUT2D eigenvalue weighted by Gasteiger charge is 2.25. The van der Waals surface area contributed by atoms with E-state index >= 15 is 0 Å². The zero-order valence-corrected chi connectivity index (χ0v) is 11.2. The number of nitrogens with one attached hydrogen (secondary N) is 1. The minimum Gasteiger partial charge on any atom is -0.480 e. The van der Waals surface area contributed by atoms with Crippen molar-refractivity contribution in [1.82, 2.24) is 10.2 Å². The van der Waals surface area contributed by atoms with E-state index in [9.17, 15) is 9.59 Å². The molecule has 0 radical (unpaired) electrons. The smallest absolute Gasteiger partial charge is 0.320 e. The lowest BCUT2D eigenvalue weighted by atomic mass is 10.1. The van der Waals surface area contributed by atoms with Crippen LogP contribution in [-0.4, -0.2) is 47.1 Å². The molecule has 5 nitrogen and oxygen atoms in total. The predicted molar refractivity (Wildman–Crippen MR) is 66.9 cm³/mol. The number of carbonyl (C=O) groups excluding carboxylic acids is 1. The molecule has 1 amide bonds. The van der Waals surface area contributed by atoms with Gasteiger partial charge in [-0.25, -0.2) is 0 Å². The zero-order valence-electron chi connectivity index (χ0n) is 11.2. The first-order valence-electron chi connectivity index (χ1n) is 6.18. The van der Waals surface area contributed by atoms with Gasteiger partial charge in [0.15, 0.2) is 0 Å². The van der Waals surface area contributed by atoms with Crippen molar-refractivity contribution in [2.45, 2.75) is 52.6 Å². The van der Waals surface area contributed by atoms with E-state index in [0.29, 0.717) is 13.0 Å². The van der Waals surface area contributed by atoms with Crippen molar-refractivity contribution in [3.8, 4) is 0 Å².